The Bertz CT molecular complexity index is 510. The number of carbonyl (C=O) groups is 1. The summed E-state index contributed by atoms with van der Waals surface area (Å²) in [5.41, 5.74) is -1.01. The monoisotopic (exact) mass is 328 g/mol. The Morgan fingerprint density at radius 2 is 1.78 bits per heavy atom. The van der Waals surface area contributed by atoms with E-state index in [4.69, 9.17) is 0 Å². The Morgan fingerprint density at radius 3 is 2.35 bits per heavy atom. The fourth-order valence-electron chi connectivity index (χ4n) is 2.98. The molecule has 128 valence electrons. The second-order valence-corrected chi connectivity index (χ2v) is 6.23. The minimum absolute atomic E-state index is 0.0330. The first kappa shape index (κ1) is 17.6. The smallest absolute Gasteiger partial charge is 0.328 e. The number of likely N-dealkylation sites (N-methyl/N-ethyl adjacent to an activating group) is 1. The van der Waals surface area contributed by atoms with E-state index < -0.39 is 17.7 Å². The van der Waals surface area contributed by atoms with Crippen LogP contribution in [-0.2, 0) is 6.42 Å². The normalized spacial score (nSPS) is 17.6. The lowest BCUT2D eigenvalue weighted by atomic mass is 9.81. The number of urea groups is 1. The summed E-state index contributed by atoms with van der Waals surface area (Å²) in [4.78, 5) is 13.5. The summed E-state index contributed by atoms with van der Waals surface area (Å²) in [6.45, 7) is 0.379. The summed E-state index contributed by atoms with van der Waals surface area (Å²) in [6.07, 6.45) is -2.09. The number of halogens is 3. The first-order valence-corrected chi connectivity index (χ1v) is 7.98. The molecule has 2 rings (SSSR count). The molecule has 0 saturated heterocycles. The third kappa shape index (κ3) is 4.39. The Kier molecular flexibility index (Phi) is 5.55. The molecule has 1 aromatic rings. The lowest BCUT2D eigenvalue weighted by molar-refractivity contribution is -0.202. The molecule has 1 aromatic carbocycles. The van der Waals surface area contributed by atoms with Crippen LogP contribution in [0.5, 0.6) is 0 Å². The Balaban J connectivity index is 1.95. The quantitative estimate of drug-likeness (QED) is 0.885. The molecule has 0 spiro atoms. The number of alkyl halides is 3. The molecule has 1 aliphatic rings. The van der Waals surface area contributed by atoms with Gasteiger partial charge in [0.15, 0.2) is 0 Å². The fraction of sp³-hybridized carbons (Fsp3) is 0.588. The summed E-state index contributed by atoms with van der Waals surface area (Å²) < 4.78 is 40.3. The highest BCUT2D eigenvalue weighted by Crippen LogP contribution is 2.41. The highest BCUT2D eigenvalue weighted by Gasteiger charge is 2.55. The number of amides is 2. The average Bonchev–Trinajstić information content (AvgIpc) is 2.53. The minimum atomic E-state index is -4.41. The Hall–Kier alpha value is -1.72. The van der Waals surface area contributed by atoms with Crippen LogP contribution in [0, 0.1) is 0 Å². The van der Waals surface area contributed by atoms with Crippen LogP contribution in [0.1, 0.15) is 37.7 Å². The predicted octanol–water partition coefficient (Wildman–Crippen LogP) is 4.14. The standard InChI is InChI=1S/C17H23F3N2O/c1-22(13-10-14-8-4-2-5-9-14)15(23)21-16(17(18,19)20)11-6-3-7-12-16/h2,4-5,8-9H,3,6-7,10-13H2,1H3,(H,21,23). The maximum Gasteiger partial charge on any atom is 0.411 e. The van der Waals surface area contributed by atoms with Gasteiger partial charge in [0.25, 0.3) is 0 Å². The molecule has 0 bridgehead atoms. The number of hydrogen-bond donors (Lipinski definition) is 1. The molecule has 1 saturated carbocycles. The molecule has 0 atom stereocenters. The lowest BCUT2D eigenvalue weighted by Crippen LogP contribution is -2.61. The minimum Gasteiger partial charge on any atom is -0.328 e. The van der Waals surface area contributed by atoms with Crippen molar-refractivity contribution < 1.29 is 18.0 Å². The van der Waals surface area contributed by atoms with Gasteiger partial charge in [0.05, 0.1) is 0 Å². The van der Waals surface area contributed by atoms with Crippen molar-refractivity contribution in [2.24, 2.45) is 0 Å². The van der Waals surface area contributed by atoms with Gasteiger partial charge in [-0.05, 0) is 24.8 Å². The SMILES string of the molecule is CN(CCc1ccccc1)C(=O)NC1(C(F)(F)F)CCCCC1. The van der Waals surface area contributed by atoms with Crippen LogP contribution in [0.15, 0.2) is 30.3 Å². The van der Waals surface area contributed by atoms with Crippen molar-refractivity contribution in [2.45, 2.75) is 50.2 Å². The average molecular weight is 328 g/mol. The van der Waals surface area contributed by atoms with Crippen LogP contribution in [0.4, 0.5) is 18.0 Å². The summed E-state index contributed by atoms with van der Waals surface area (Å²) in [6, 6.07) is 8.91. The molecule has 0 heterocycles. The first-order valence-electron chi connectivity index (χ1n) is 7.98. The molecule has 1 fully saturated rings. The van der Waals surface area contributed by atoms with E-state index in [1.54, 1.807) is 0 Å². The van der Waals surface area contributed by atoms with Crippen LogP contribution in [0.25, 0.3) is 0 Å². The Morgan fingerprint density at radius 1 is 1.17 bits per heavy atom. The first-order chi connectivity index (χ1) is 10.8. The molecule has 1 N–H and O–H groups in total. The highest BCUT2D eigenvalue weighted by atomic mass is 19.4. The van der Waals surface area contributed by atoms with Crippen molar-refractivity contribution >= 4 is 6.03 Å². The molecule has 0 radical (unpaired) electrons. The van der Waals surface area contributed by atoms with Crippen LogP contribution < -0.4 is 5.32 Å². The molecular weight excluding hydrogens is 305 g/mol. The van der Waals surface area contributed by atoms with Crippen molar-refractivity contribution in [2.75, 3.05) is 13.6 Å². The molecular formula is C17H23F3N2O. The van der Waals surface area contributed by atoms with E-state index in [0.717, 1.165) is 12.0 Å². The van der Waals surface area contributed by atoms with Gasteiger partial charge in [0, 0.05) is 13.6 Å². The van der Waals surface area contributed by atoms with Gasteiger partial charge in [-0.25, -0.2) is 4.79 Å². The lowest BCUT2D eigenvalue weighted by Gasteiger charge is -2.40. The molecule has 3 nitrogen and oxygen atoms in total. The van der Waals surface area contributed by atoms with Crippen molar-refractivity contribution in [1.29, 1.82) is 0 Å². The number of rotatable bonds is 4. The van der Waals surface area contributed by atoms with Gasteiger partial charge in [-0.1, -0.05) is 49.6 Å². The molecule has 0 aromatic heterocycles. The van der Waals surface area contributed by atoms with Crippen LogP contribution >= 0.6 is 0 Å². The van der Waals surface area contributed by atoms with Crippen molar-refractivity contribution in [3.8, 4) is 0 Å². The van der Waals surface area contributed by atoms with E-state index in [2.05, 4.69) is 5.32 Å². The largest absolute Gasteiger partial charge is 0.411 e. The zero-order valence-corrected chi connectivity index (χ0v) is 13.3. The predicted molar refractivity (Wildman–Crippen MR) is 83.2 cm³/mol. The third-order valence-corrected chi connectivity index (χ3v) is 4.52. The van der Waals surface area contributed by atoms with Gasteiger partial charge in [0.1, 0.15) is 5.54 Å². The summed E-state index contributed by atoms with van der Waals surface area (Å²) in [5.74, 6) is 0. The highest BCUT2D eigenvalue weighted by molar-refractivity contribution is 5.75. The van der Waals surface area contributed by atoms with Gasteiger partial charge in [-0.2, -0.15) is 13.2 Å². The summed E-state index contributed by atoms with van der Waals surface area (Å²) in [7, 11) is 1.53. The summed E-state index contributed by atoms with van der Waals surface area (Å²) >= 11 is 0. The van der Waals surface area contributed by atoms with Gasteiger partial charge in [0.2, 0.25) is 0 Å². The number of nitrogens with zero attached hydrogens (tertiary/aromatic N) is 1. The van der Waals surface area contributed by atoms with E-state index in [9.17, 15) is 18.0 Å². The number of hydrogen-bond acceptors (Lipinski definition) is 1. The van der Waals surface area contributed by atoms with Crippen molar-refractivity contribution in [3.63, 3.8) is 0 Å². The van der Waals surface area contributed by atoms with E-state index in [-0.39, 0.29) is 12.8 Å². The Labute approximate surface area is 134 Å². The van der Waals surface area contributed by atoms with E-state index in [1.165, 1.54) is 11.9 Å². The van der Waals surface area contributed by atoms with Gasteiger partial charge in [-0.3, -0.25) is 0 Å². The van der Waals surface area contributed by atoms with Crippen LogP contribution in [-0.4, -0.2) is 36.2 Å². The van der Waals surface area contributed by atoms with Crippen molar-refractivity contribution in [3.05, 3.63) is 35.9 Å². The number of carbonyl (C=O) groups excluding carboxylic acids is 1. The molecule has 0 unspecified atom stereocenters. The summed E-state index contributed by atoms with van der Waals surface area (Å²) in [5, 5.41) is 2.27. The van der Waals surface area contributed by atoms with Crippen molar-refractivity contribution in [1.82, 2.24) is 10.2 Å². The molecule has 0 aliphatic heterocycles. The second kappa shape index (κ2) is 7.23. The molecule has 1 aliphatic carbocycles. The molecule has 2 amide bonds. The number of nitrogens with one attached hydrogen (secondary N) is 1. The maximum atomic E-state index is 13.4. The fourth-order valence-corrected chi connectivity index (χ4v) is 2.98. The van der Waals surface area contributed by atoms with Crippen LogP contribution in [0.2, 0.25) is 0 Å². The van der Waals surface area contributed by atoms with E-state index >= 15 is 0 Å². The zero-order chi connectivity index (χ0) is 16.9. The van der Waals surface area contributed by atoms with E-state index in [0.29, 0.717) is 25.8 Å². The van der Waals surface area contributed by atoms with Gasteiger partial charge >= 0.3 is 12.2 Å². The number of benzene rings is 1. The van der Waals surface area contributed by atoms with Crippen LogP contribution in [0.3, 0.4) is 0 Å². The third-order valence-electron chi connectivity index (χ3n) is 4.52. The van der Waals surface area contributed by atoms with Gasteiger partial charge < -0.3 is 10.2 Å². The maximum absolute atomic E-state index is 13.4. The second-order valence-electron chi connectivity index (χ2n) is 6.23. The molecule has 23 heavy (non-hydrogen) atoms. The topological polar surface area (TPSA) is 32.3 Å². The molecule has 6 heteroatoms. The van der Waals surface area contributed by atoms with Gasteiger partial charge in [-0.15, -0.1) is 0 Å². The van der Waals surface area contributed by atoms with E-state index in [1.807, 2.05) is 30.3 Å². The zero-order valence-electron chi connectivity index (χ0n) is 13.3.